The van der Waals surface area contributed by atoms with Gasteiger partial charge in [0.15, 0.2) is 0 Å². The van der Waals surface area contributed by atoms with Crippen molar-refractivity contribution in [2.24, 2.45) is 0 Å². The summed E-state index contributed by atoms with van der Waals surface area (Å²) in [5.41, 5.74) is 2.54. The van der Waals surface area contributed by atoms with E-state index >= 15 is 0 Å². The lowest BCUT2D eigenvalue weighted by atomic mass is 9.99. The summed E-state index contributed by atoms with van der Waals surface area (Å²) in [4.78, 5) is 0. The summed E-state index contributed by atoms with van der Waals surface area (Å²) < 4.78 is 32.9. The molecule has 110 valence electrons. The number of aryl methyl sites for hydroxylation is 1. The quantitative estimate of drug-likeness (QED) is 0.715. The van der Waals surface area contributed by atoms with Crippen LogP contribution in [0.2, 0.25) is 0 Å². The Bertz CT molecular complexity index is 699. The topological polar surface area (TPSA) is 9.23 Å². The van der Waals surface area contributed by atoms with E-state index in [2.05, 4.69) is 0 Å². The number of alkyl halides is 1. The number of benzene rings is 2. The monoisotopic (exact) mass is 308 g/mol. The van der Waals surface area contributed by atoms with E-state index < -0.39 is 17.0 Å². The van der Waals surface area contributed by atoms with Crippen molar-refractivity contribution >= 4 is 11.6 Å². The maximum atomic E-state index is 14.0. The van der Waals surface area contributed by atoms with Gasteiger partial charge in [-0.2, -0.15) is 0 Å². The average molecular weight is 309 g/mol. The highest BCUT2D eigenvalue weighted by Gasteiger charge is 2.22. The molecule has 2 aromatic rings. The first-order chi connectivity index (χ1) is 9.95. The average Bonchev–Trinajstić information content (AvgIpc) is 2.81. The van der Waals surface area contributed by atoms with E-state index in [1.807, 2.05) is 25.1 Å². The Morgan fingerprint density at radius 1 is 1.19 bits per heavy atom. The molecule has 1 heterocycles. The number of fused-ring (bicyclic) bond motifs is 1. The lowest BCUT2D eigenvalue weighted by Gasteiger charge is -2.13. The molecule has 0 fully saturated rings. The summed E-state index contributed by atoms with van der Waals surface area (Å²) in [5.74, 6) is -0.328. The second kappa shape index (κ2) is 5.30. The second-order valence-corrected chi connectivity index (χ2v) is 5.92. The van der Waals surface area contributed by atoms with Gasteiger partial charge in [-0.15, -0.1) is 11.6 Å². The van der Waals surface area contributed by atoms with Crippen molar-refractivity contribution in [3.05, 3.63) is 64.2 Å². The number of ether oxygens (including phenoxy) is 1. The molecule has 1 nitrogen and oxygen atoms in total. The Morgan fingerprint density at radius 2 is 1.95 bits per heavy atom. The minimum Gasteiger partial charge on any atom is -0.490 e. The van der Waals surface area contributed by atoms with Gasteiger partial charge in [0.25, 0.3) is 0 Å². The first-order valence-corrected chi connectivity index (χ1v) is 7.28. The van der Waals surface area contributed by atoms with Crippen molar-refractivity contribution in [1.29, 1.82) is 0 Å². The Morgan fingerprint density at radius 3 is 2.71 bits per heavy atom. The predicted octanol–water partition coefficient (Wildman–Crippen LogP) is 4.92. The molecule has 1 aliphatic heterocycles. The zero-order valence-electron chi connectivity index (χ0n) is 11.8. The van der Waals surface area contributed by atoms with Gasteiger partial charge in [0, 0.05) is 18.1 Å². The van der Waals surface area contributed by atoms with Crippen molar-refractivity contribution in [2.75, 3.05) is 0 Å². The van der Waals surface area contributed by atoms with Crippen molar-refractivity contribution in [3.63, 3.8) is 0 Å². The molecule has 0 aromatic heterocycles. The van der Waals surface area contributed by atoms with Crippen LogP contribution in [0.5, 0.6) is 5.75 Å². The van der Waals surface area contributed by atoms with Crippen LogP contribution in [0.1, 0.15) is 34.6 Å². The van der Waals surface area contributed by atoms with Crippen molar-refractivity contribution in [1.82, 2.24) is 0 Å². The van der Waals surface area contributed by atoms with Gasteiger partial charge in [-0.05, 0) is 42.7 Å². The molecule has 21 heavy (non-hydrogen) atoms. The van der Waals surface area contributed by atoms with Gasteiger partial charge in [-0.1, -0.05) is 12.1 Å². The van der Waals surface area contributed by atoms with Gasteiger partial charge in [-0.25, -0.2) is 8.78 Å². The van der Waals surface area contributed by atoms with Crippen LogP contribution in [0.25, 0.3) is 0 Å². The number of hydrogen-bond acceptors (Lipinski definition) is 1. The molecule has 3 rings (SSSR count). The van der Waals surface area contributed by atoms with Gasteiger partial charge in [0.05, 0.1) is 5.38 Å². The molecule has 2 atom stereocenters. The molecule has 2 aromatic carbocycles. The Hall–Kier alpha value is -1.61. The molecule has 1 aliphatic rings. The molecule has 0 saturated heterocycles. The fraction of sp³-hybridized carbons (Fsp3) is 0.294. The molecule has 0 aliphatic carbocycles. The Labute approximate surface area is 127 Å². The van der Waals surface area contributed by atoms with Gasteiger partial charge in [0.2, 0.25) is 0 Å². The van der Waals surface area contributed by atoms with Crippen LogP contribution in [-0.2, 0) is 6.42 Å². The Kier molecular flexibility index (Phi) is 3.62. The fourth-order valence-corrected chi connectivity index (χ4v) is 2.96. The fourth-order valence-electron chi connectivity index (χ4n) is 2.65. The standard InChI is InChI=1S/C17H15ClF2O/c1-9-5-13(15(20)8-14(9)19)17(18)11-3-4-16-12(7-11)6-10(2)21-16/h3-5,7-8,10,17H,6H2,1-2H3. The summed E-state index contributed by atoms with van der Waals surface area (Å²) in [6.45, 7) is 3.60. The highest BCUT2D eigenvalue weighted by molar-refractivity contribution is 6.22. The van der Waals surface area contributed by atoms with Crippen LogP contribution in [0.4, 0.5) is 8.78 Å². The molecule has 0 spiro atoms. The lowest BCUT2D eigenvalue weighted by Crippen LogP contribution is -2.05. The molecule has 0 saturated carbocycles. The number of rotatable bonds is 2. The normalized spacial score (nSPS) is 18.2. The minimum atomic E-state index is -0.648. The van der Waals surface area contributed by atoms with Crippen molar-refractivity contribution < 1.29 is 13.5 Å². The van der Waals surface area contributed by atoms with Crippen LogP contribution in [0, 0.1) is 18.6 Å². The number of halogens is 3. The van der Waals surface area contributed by atoms with E-state index in [4.69, 9.17) is 16.3 Å². The molecular weight excluding hydrogens is 294 g/mol. The summed E-state index contributed by atoms with van der Waals surface area (Å²) in [6, 6.07) is 7.98. The molecule has 0 bridgehead atoms. The first-order valence-electron chi connectivity index (χ1n) is 6.85. The minimum absolute atomic E-state index is 0.147. The molecule has 4 heteroatoms. The molecule has 2 unspecified atom stereocenters. The highest BCUT2D eigenvalue weighted by Crippen LogP contribution is 2.36. The summed E-state index contributed by atoms with van der Waals surface area (Å²) in [7, 11) is 0. The zero-order chi connectivity index (χ0) is 15.1. The smallest absolute Gasteiger partial charge is 0.131 e. The number of hydrogen-bond donors (Lipinski definition) is 0. The van der Waals surface area contributed by atoms with Crippen molar-refractivity contribution in [3.8, 4) is 5.75 Å². The molecule has 0 radical (unpaired) electrons. The van der Waals surface area contributed by atoms with E-state index in [1.54, 1.807) is 6.92 Å². The van der Waals surface area contributed by atoms with Crippen LogP contribution in [0.3, 0.4) is 0 Å². The van der Waals surface area contributed by atoms with E-state index in [-0.39, 0.29) is 6.10 Å². The maximum Gasteiger partial charge on any atom is 0.131 e. The van der Waals surface area contributed by atoms with Crippen LogP contribution < -0.4 is 4.74 Å². The van der Waals surface area contributed by atoms with Gasteiger partial charge >= 0.3 is 0 Å². The molecule has 0 amide bonds. The zero-order valence-corrected chi connectivity index (χ0v) is 12.5. The predicted molar refractivity (Wildman–Crippen MR) is 79.0 cm³/mol. The van der Waals surface area contributed by atoms with Gasteiger partial charge in [0.1, 0.15) is 23.5 Å². The highest BCUT2D eigenvalue weighted by atomic mass is 35.5. The van der Waals surface area contributed by atoms with Gasteiger partial charge < -0.3 is 4.74 Å². The first kappa shape index (κ1) is 14.3. The van der Waals surface area contributed by atoms with Crippen molar-refractivity contribution in [2.45, 2.75) is 31.7 Å². The van der Waals surface area contributed by atoms with Crippen LogP contribution in [0.15, 0.2) is 30.3 Å². The largest absolute Gasteiger partial charge is 0.490 e. The van der Waals surface area contributed by atoms with E-state index in [1.165, 1.54) is 6.07 Å². The van der Waals surface area contributed by atoms with E-state index in [0.29, 0.717) is 11.1 Å². The molecule has 0 N–H and O–H groups in total. The maximum absolute atomic E-state index is 14.0. The third-order valence-corrected chi connectivity index (χ3v) is 4.25. The van der Waals surface area contributed by atoms with Crippen LogP contribution in [-0.4, -0.2) is 6.10 Å². The summed E-state index contributed by atoms with van der Waals surface area (Å²) >= 11 is 6.40. The molecular formula is C17H15ClF2O. The lowest BCUT2D eigenvalue weighted by molar-refractivity contribution is 0.254. The SMILES string of the molecule is Cc1cc(C(Cl)c2ccc3c(c2)CC(C)O3)c(F)cc1F. The van der Waals surface area contributed by atoms with E-state index in [0.717, 1.165) is 29.4 Å². The third-order valence-electron chi connectivity index (χ3n) is 3.76. The summed E-state index contributed by atoms with van der Waals surface area (Å²) in [6.07, 6.45) is 0.964. The van der Waals surface area contributed by atoms with Gasteiger partial charge in [-0.3, -0.25) is 0 Å². The summed E-state index contributed by atoms with van der Waals surface area (Å²) in [5, 5.41) is -0.648. The van der Waals surface area contributed by atoms with Crippen LogP contribution >= 0.6 is 11.6 Å². The third kappa shape index (κ3) is 2.62. The van der Waals surface area contributed by atoms with E-state index in [9.17, 15) is 8.78 Å². The second-order valence-electron chi connectivity index (χ2n) is 5.49. The Balaban J connectivity index is 1.98.